The standard InChI is InChI=1S/C24H25F3O3/c1-14(2)19-9-10-20-15(3)11-21(16(4)22(20)23(19)30-13-28)29-12-17-5-7-18(8-6-17)24(25,26)27/h5-8,11,13,19,23H,1,9-10,12H2,2-4H3/t19-,23+/m0/s1. The monoisotopic (exact) mass is 418 g/mol. The Morgan fingerprint density at radius 1 is 1.23 bits per heavy atom. The molecule has 0 amide bonds. The fourth-order valence-corrected chi connectivity index (χ4v) is 4.16. The van der Waals surface area contributed by atoms with Crippen molar-refractivity contribution in [1.82, 2.24) is 0 Å². The molecule has 2 atom stereocenters. The highest BCUT2D eigenvalue weighted by atomic mass is 19.4. The molecule has 0 bridgehead atoms. The van der Waals surface area contributed by atoms with Crippen molar-refractivity contribution in [1.29, 1.82) is 0 Å². The lowest BCUT2D eigenvalue weighted by Crippen LogP contribution is -2.25. The van der Waals surface area contributed by atoms with E-state index in [-0.39, 0.29) is 12.5 Å². The molecule has 2 aromatic carbocycles. The zero-order valence-corrected chi connectivity index (χ0v) is 17.3. The van der Waals surface area contributed by atoms with E-state index in [1.165, 1.54) is 12.1 Å². The molecular weight excluding hydrogens is 393 g/mol. The number of carbonyl (C=O) groups excluding carboxylic acids is 1. The highest BCUT2D eigenvalue weighted by molar-refractivity contribution is 5.53. The third-order valence-electron chi connectivity index (χ3n) is 5.79. The molecule has 6 heteroatoms. The van der Waals surface area contributed by atoms with Gasteiger partial charge in [-0.05, 0) is 74.1 Å². The number of alkyl halides is 3. The number of aryl methyl sites for hydroxylation is 1. The predicted molar refractivity (Wildman–Crippen MR) is 108 cm³/mol. The Balaban J connectivity index is 1.89. The van der Waals surface area contributed by atoms with E-state index in [0.29, 0.717) is 17.8 Å². The van der Waals surface area contributed by atoms with Crippen molar-refractivity contribution in [2.24, 2.45) is 5.92 Å². The van der Waals surface area contributed by atoms with Gasteiger partial charge in [0.1, 0.15) is 18.5 Å². The predicted octanol–water partition coefficient (Wildman–Crippen LogP) is 6.25. The van der Waals surface area contributed by atoms with E-state index in [0.717, 1.165) is 52.8 Å². The Kier molecular flexibility index (Phi) is 6.25. The number of rotatable bonds is 6. The Labute approximate surface area is 174 Å². The van der Waals surface area contributed by atoms with Crippen LogP contribution in [-0.2, 0) is 28.7 Å². The normalized spacial score (nSPS) is 18.5. The molecule has 0 aromatic heterocycles. The van der Waals surface area contributed by atoms with E-state index in [4.69, 9.17) is 9.47 Å². The first-order chi connectivity index (χ1) is 14.1. The second-order valence-electron chi connectivity index (χ2n) is 7.84. The molecule has 30 heavy (non-hydrogen) atoms. The third kappa shape index (κ3) is 4.37. The summed E-state index contributed by atoms with van der Waals surface area (Å²) in [6, 6.07) is 6.87. The molecule has 1 aliphatic carbocycles. The van der Waals surface area contributed by atoms with Crippen LogP contribution in [0.2, 0.25) is 0 Å². The van der Waals surface area contributed by atoms with E-state index in [1.807, 2.05) is 26.8 Å². The summed E-state index contributed by atoms with van der Waals surface area (Å²) >= 11 is 0. The summed E-state index contributed by atoms with van der Waals surface area (Å²) in [6.45, 7) is 10.5. The van der Waals surface area contributed by atoms with E-state index < -0.39 is 17.8 Å². The summed E-state index contributed by atoms with van der Waals surface area (Å²) in [5.74, 6) is 0.666. The highest BCUT2D eigenvalue weighted by Gasteiger charge is 2.35. The van der Waals surface area contributed by atoms with Gasteiger partial charge in [-0.3, -0.25) is 4.79 Å². The van der Waals surface area contributed by atoms with Crippen molar-refractivity contribution < 1.29 is 27.4 Å². The number of hydrogen-bond acceptors (Lipinski definition) is 3. The van der Waals surface area contributed by atoms with Crippen molar-refractivity contribution in [2.45, 2.75) is 52.5 Å². The van der Waals surface area contributed by atoms with Crippen molar-refractivity contribution in [3.8, 4) is 5.75 Å². The summed E-state index contributed by atoms with van der Waals surface area (Å²) in [6.07, 6.45) is -3.07. The van der Waals surface area contributed by atoms with Crippen LogP contribution in [0.25, 0.3) is 0 Å². The van der Waals surface area contributed by atoms with Crippen molar-refractivity contribution in [3.63, 3.8) is 0 Å². The lowest BCUT2D eigenvalue weighted by atomic mass is 9.75. The maximum Gasteiger partial charge on any atom is 0.416 e. The van der Waals surface area contributed by atoms with Gasteiger partial charge in [-0.2, -0.15) is 13.2 Å². The summed E-state index contributed by atoms with van der Waals surface area (Å²) in [5.41, 5.74) is 4.92. The molecular formula is C24H25F3O3. The molecule has 3 nitrogen and oxygen atoms in total. The summed E-state index contributed by atoms with van der Waals surface area (Å²) in [5, 5.41) is 0. The van der Waals surface area contributed by atoms with Gasteiger partial charge in [0.15, 0.2) is 0 Å². The van der Waals surface area contributed by atoms with Gasteiger partial charge in [0.05, 0.1) is 5.56 Å². The Hall–Kier alpha value is -2.76. The molecule has 0 heterocycles. The molecule has 160 valence electrons. The molecule has 0 unspecified atom stereocenters. The average Bonchev–Trinajstić information content (AvgIpc) is 2.69. The maximum absolute atomic E-state index is 12.7. The number of fused-ring (bicyclic) bond motifs is 1. The largest absolute Gasteiger partial charge is 0.489 e. The molecule has 0 N–H and O–H groups in total. The first kappa shape index (κ1) is 21.9. The molecule has 0 saturated heterocycles. The second-order valence-corrected chi connectivity index (χ2v) is 7.84. The van der Waals surface area contributed by atoms with Crippen LogP contribution in [0.4, 0.5) is 13.2 Å². The quantitative estimate of drug-likeness (QED) is 0.411. The van der Waals surface area contributed by atoms with Gasteiger partial charge < -0.3 is 9.47 Å². The molecule has 1 aliphatic rings. The van der Waals surface area contributed by atoms with Gasteiger partial charge in [-0.1, -0.05) is 24.3 Å². The molecule has 0 spiro atoms. The van der Waals surface area contributed by atoms with Crippen LogP contribution in [0.5, 0.6) is 5.75 Å². The smallest absolute Gasteiger partial charge is 0.416 e. The first-order valence-corrected chi connectivity index (χ1v) is 9.80. The SMILES string of the molecule is C=C(C)[C@@H]1CCc2c(C)cc(OCc3ccc(C(F)(F)F)cc3)c(C)c2[C@@H]1OC=O. The highest BCUT2D eigenvalue weighted by Crippen LogP contribution is 2.45. The minimum atomic E-state index is -4.36. The second kappa shape index (κ2) is 8.54. The number of benzene rings is 2. The molecule has 0 fully saturated rings. The zero-order valence-electron chi connectivity index (χ0n) is 17.3. The maximum atomic E-state index is 12.7. The zero-order chi connectivity index (χ0) is 22.1. The van der Waals surface area contributed by atoms with E-state index in [1.54, 1.807) is 0 Å². The molecule has 3 rings (SSSR count). The van der Waals surface area contributed by atoms with Crippen LogP contribution >= 0.6 is 0 Å². The van der Waals surface area contributed by atoms with Crippen LogP contribution in [0.15, 0.2) is 42.5 Å². The van der Waals surface area contributed by atoms with Crippen LogP contribution in [0.3, 0.4) is 0 Å². The van der Waals surface area contributed by atoms with Gasteiger partial charge in [-0.25, -0.2) is 0 Å². The van der Waals surface area contributed by atoms with Gasteiger partial charge in [0.2, 0.25) is 0 Å². The third-order valence-corrected chi connectivity index (χ3v) is 5.79. The number of carbonyl (C=O) groups is 1. The topological polar surface area (TPSA) is 35.5 Å². The minimum Gasteiger partial charge on any atom is -0.489 e. The van der Waals surface area contributed by atoms with Crippen LogP contribution in [0, 0.1) is 19.8 Å². The van der Waals surface area contributed by atoms with Crippen molar-refractivity contribution in [2.75, 3.05) is 0 Å². The van der Waals surface area contributed by atoms with Gasteiger partial charge in [0, 0.05) is 11.5 Å². The van der Waals surface area contributed by atoms with Crippen LogP contribution < -0.4 is 4.74 Å². The van der Waals surface area contributed by atoms with E-state index in [2.05, 4.69) is 6.58 Å². The molecule has 2 aromatic rings. The van der Waals surface area contributed by atoms with Crippen molar-refractivity contribution in [3.05, 3.63) is 75.9 Å². The Morgan fingerprint density at radius 3 is 2.47 bits per heavy atom. The minimum absolute atomic E-state index is 0.0333. The lowest BCUT2D eigenvalue weighted by molar-refractivity contribution is -0.138. The van der Waals surface area contributed by atoms with E-state index in [9.17, 15) is 18.0 Å². The van der Waals surface area contributed by atoms with Crippen molar-refractivity contribution >= 4 is 6.47 Å². The number of ether oxygens (including phenoxy) is 2. The van der Waals surface area contributed by atoms with Gasteiger partial charge >= 0.3 is 6.18 Å². The van der Waals surface area contributed by atoms with Crippen LogP contribution in [0.1, 0.15) is 52.8 Å². The van der Waals surface area contributed by atoms with E-state index >= 15 is 0 Å². The molecule has 0 radical (unpaired) electrons. The van der Waals surface area contributed by atoms with Gasteiger partial charge in [0.25, 0.3) is 6.47 Å². The Bertz CT molecular complexity index is 946. The fourth-order valence-electron chi connectivity index (χ4n) is 4.16. The average molecular weight is 418 g/mol. The fraction of sp³-hybridized carbons (Fsp3) is 0.375. The molecule has 0 saturated carbocycles. The summed E-state index contributed by atoms with van der Waals surface area (Å²) in [7, 11) is 0. The first-order valence-electron chi connectivity index (χ1n) is 9.80. The number of halogens is 3. The molecule has 0 aliphatic heterocycles. The Morgan fingerprint density at radius 2 is 1.90 bits per heavy atom. The summed E-state index contributed by atoms with van der Waals surface area (Å²) < 4.78 is 49.7. The van der Waals surface area contributed by atoms with Gasteiger partial charge in [-0.15, -0.1) is 0 Å². The number of hydrogen-bond donors (Lipinski definition) is 0. The van der Waals surface area contributed by atoms with Crippen LogP contribution in [-0.4, -0.2) is 6.47 Å². The summed E-state index contributed by atoms with van der Waals surface area (Å²) in [4.78, 5) is 11.2. The lowest BCUT2D eigenvalue weighted by Gasteiger charge is -2.35.